The van der Waals surface area contributed by atoms with Crippen LogP contribution in [-0.2, 0) is 4.79 Å². The van der Waals surface area contributed by atoms with Gasteiger partial charge in [0.25, 0.3) is 5.56 Å². The first-order valence-corrected chi connectivity index (χ1v) is 10.7. The van der Waals surface area contributed by atoms with Crippen molar-refractivity contribution < 1.29 is 9.53 Å². The Morgan fingerprint density at radius 1 is 1.39 bits per heavy atom. The van der Waals surface area contributed by atoms with Crippen molar-refractivity contribution in [3.8, 4) is 17.0 Å². The molecule has 1 saturated carbocycles. The molecular weight excluding hydrogens is 394 g/mol. The first-order chi connectivity index (χ1) is 15.1. The molecule has 0 bridgehead atoms. The fourth-order valence-electron chi connectivity index (χ4n) is 3.77. The van der Waals surface area contributed by atoms with Gasteiger partial charge in [-0.2, -0.15) is 0 Å². The lowest BCUT2D eigenvalue weighted by Crippen LogP contribution is -2.62. The van der Waals surface area contributed by atoms with Gasteiger partial charge in [0.1, 0.15) is 11.4 Å². The van der Waals surface area contributed by atoms with Crippen molar-refractivity contribution in [2.45, 2.75) is 18.9 Å². The van der Waals surface area contributed by atoms with Crippen molar-refractivity contribution in [3.63, 3.8) is 0 Å². The number of H-pyrrole nitrogens is 1. The van der Waals surface area contributed by atoms with Crippen LogP contribution >= 0.6 is 0 Å². The molecule has 1 aliphatic carbocycles. The van der Waals surface area contributed by atoms with Crippen LogP contribution in [0.5, 0.6) is 5.75 Å². The zero-order valence-electron chi connectivity index (χ0n) is 18.0. The predicted octanol–water partition coefficient (Wildman–Crippen LogP) is 1.65. The molecule has 2 aromatic heterocycles. The summed E-state index contributed by atoms with van der Waals surface area (Å²) in [4.78, 5) is 36.4. The molecule has 0 radical (unpaired) electrons. The van der Waals surface area contributed by atoms with Crippen molar-refractivity contribution in [1.29, 1.82) is 0 Å². The number of methoxy groups -OCH3 is 1. The molecule has 2 N–H and O–H groups in total. The van der Waals surface area contributed by atoms with E-state index in [4.69, 9.17) is 4.74 Å². The first kappa shape index (κ1) is 21.1. The Kier molecular flexibility index (Phi) is 6.36. The fourth-order valence-corrected chi connectivity index (χ4v) is 3.77. The van der Waals surface area contributed by atoms with Gasteiger partial charge in [-0.15, -0.1) is 0 Å². The summed E-state index contributed by atoms with van der Waals surface area (Å²) in [6, 6.07) is 5.68. The highest BCUT2D eigenvalue weighted by Crippen LogP contribution is 2.34. The summed E-state index contributed by atoms with van der Waals surface area (Å²) in [5.74, 6) is 1.34. The zero-order valence-corrected chi connectivity index (χ0v) is 18.0. The van der Waals surface area contributed by atoms with Gasteiger partial charge >= 0.3 is 0 Å². The summed E-state index contributed by atoms with van der Waals surface area (Å²) in [7, 11) is 3.46. The van der Waals surface area contributed by atoms with E-state index in [2.05, 4.69) is 20.2 Å². The monoisotopic (exact) mass is 423 g/mol. The minimum absolute atomic E-state index is 0.0149. The number of carbonyl (C=O) groups excluding carboxylic acids is 1. The number of anilines is 1. The topological polar surface area (TPSA) is 90.6 Å². The van der Waals surface area contributed by atoms with Gasteiger partial charge in [0.2, 0.25) is 5.91 Å². The fraction of sp³-hybridized carbons (Fsp3) is 0.435. The second-order valence-corrected chi connectivity index (χ2v) is 8.14. The number of pyridine rings is 2. The number of carbonyl (C=O) groups is 1. The second-order valence-electron chi connectivity index (χ2n) is 8.14. The van der Waals surface area contributed by atoms with Gasteiger partial charge in [-0.05, 0) is 37.9 Å². The summed E-state index contributed by atoms with van der Waals surface area (Å²) in [6.07, 6.45) is 9.19. The number of rotatable bonds is 9. The van der Waals surface area contributed by atoms with E-state index in [1.807, 2.05) is 30.2 Å². The average Bonchev–Trinajstić information content (AvgIpc) is 3.57. The van der Waals surface area contributed by atoms with Gasteiger partial charge in [-0.3, -0.25) is 14.6 Å². The van der Waals surface area contributed by atoms with E-state index in [9.17, 15) is 9.59 Å². The minimum Gasteiger partial charge on any atom is -0.497 e. The number of hydrogen-bond acceptors (Lipinski definition) is 6. The molecule has 1 aliphatic heterocycles. The lowest BCUT2D eigenvalue weighted by Gasteiger charge is -2.46. The number of nitrogens with zero attached hydrogens (tertiary/aromatic N) is 3. The van der Waals surface area contributed by atoms with Gasteiger partial charge in [-0.25, -0.2) is 0 Å². The number of aromatic nitrogens is 2. The second kappa shape index (κ2) is 9.34. The standard InChI is InChI=1S/C23H29N5O3/c1-24-8-3-4-22(29)27-14-18(15-27)28(13-16-5-6-16)21-10-17(12-26-23(21)30)20-11-19(31-2)7-9-25-20/h3-4,7,9-12,16,18,24H,5-6,8,13-15H2,1-2H3,(H,26,30)/b4-3+. The van der Waals surface area contributed by atoms with Crippen LogP contribution in [0.1, 0.15) is 12.8 Å². The lowest BCUT2D eigenvalue weighted by atomic mass is 10.0. The van der Waals surface area contributed by atoms with Crippen LogP contribution in [0.15, 0.2) is 47.5 Å². The van der Waals surface area contributed by atoms with Crippen LogP contribution < -0.4 is 20.5 Å². The van der Waals surface area contributed by atoms with Crippen molar-refractivity contribution in [2.24, 2.45) is 5.92 Å². The first-order valence-electron chi connectivity index (χ1n) is 10.7. The molecule has 164 valence electrons. The smallest absolute Gasteiger partial charge is 0.271 e. The quantitative estimate of drug-likeness (QED) is 0.596. The zero-order chi connectivity index (χ0) is 21.8. The molecule has 0 aromatic carbocycles. The van der Waals surface area contributed by atoms with E-state index < -0.39 is 0 Å². The van der Waals surface area contributed by atoms with Crippen molar-refractivity contribution in [3.05, 3.63) is 53.1 Å². The summed E-state index contributed by atoms with van der Waals surface area (Å²) in [5.41, 5.74) is 2.09. The highest BCUT2D eigenvalue weighted by molar-refractivity contribution is 5.88. The molecular formula is C23H29N5O3. The molecule has 3 heterocycles. The summed E-state index contributed by atoms with van der Waals surface area (Å²) in [6.45, 7) is 2.74. The van der Waals surface area contributed by atoms with E-state index in [-0.39, 0.29) is 17.5 Å². The molecule has 4 rings (SSSR count). The van der Waals surface area contributed by atoms with Gasteiger partial charge < -0.3 is 24.8 Å². The van der Waals surface area contributed by atoms with Gasteiger partial charge in [0.05, 0.1) is 18.8 Å². The lowest BCUT2D eigenvalue weighted by molar-refractivity contribution is -0.130. The molecule has 31 heavy (non-hydrogen) atoms. The van der Waals surface area contributed by atoms with Gasteiger partial charge in [-0.1, -0.05) is 6.08 Å². The number of hydrogen-bond donors (Lipinski definition) is 2. The van der Waals surface area contributed by atoms with Crippen molar-refractivity contribution in [2.75, 3.05) is 45.2 Å². The van der Waals surface area contributed by atoms with E-state index in [1.54, 1.807) is 31.6 Å². The van der Waals surface area contributed by atoms with Crippen LogP contribution in [0.3, 0.4) is 0 Å². The van der Waals surface area contributed by atoms with E-state index in [0.29, 0.717) is 37.0 Å². The molecule has 0 atom stereocenters. The molecule has 1 amide bonds. The van der Waals surface area contributed by atoms with Gasteiger partial charge in [0.15, 0.2) is 0 Å². The third-order valence-corrected chi connectivity index (χ3v) is 5.80. The number of aromatic amines is 1. The Hall–Kier alpha value is -3.13. The predicted molar refractivity (Wildman–Crippen MR) is 120 cm³/mol. The van der Waals surface area contributed by atoms with Crippen molar-refractivity contribution in [1.82, 2.24) is 20.2 Å². The average molecular weight is 424 g/mol. The Morgan fingerprint density at radius 2 is 2.19 bits per heavy atom. The molecule has 2 aromatic rings. The van der Waals surface area contributed by atoms with E-state index in [0.717, 1.165) is 17.8 Å². The third kappa shape index (κ3) is 4.96. The van der Waals surface area contributed by atoms with E-state index in [1.165, 1.54) is 12.8 Å². The molecule has 1 saturated heterocycles. The van der Waals surface area contributed by atoms with E-state index >= 15 is 0 Å². The number of ether oxygens (including phenoxy) is 1. The summed E-state index contributed by atoms with van der Waals surface area (Å²) in [5, 5.41) is 2.99. The summed E-state index contributed by atoms with van der Waals surface area (Å²) < 4.78 is 5.30. The van der Waals surface area contributed by atoms with Crippen LogP contribution in [0, 0.1) is 5.92 Å². The number of likely N-dealkylation sites (N-methyl/N-ethyl adjacent to an activating group) is 1. The Bertz CT molecular complexity index is 1010. The Morgan fingerprint density at radius 3 is 2.90 bits per heavy atom. The third-order valence-electron chi connectivity index (χ3n) is 5.80. The normalized spacial score (nSPS) is 16.4. The molecule has 0 unspecified atom stereocenters. The maximum absolute atomic E-state index is 12.8. The van der Waals surface area contributed by atoms with Crippen LogP contribution in [-0.4, -0.2) is 67.2 Å². The number of nitrogens with one attached hydrogen (secondary N) is 2. The minimum atomic E-state index is -0.119. The molecule has 2 aliphatic rings. The summed E-state index contributed by atoms with van der Waals surface area (Å²) >= 11 is 0. The molecule has 8 nitrogen and oxygen atoms in total. The number of likely N-dealkylation sites (tertiary alicyclic amines) is 1. The molecule has 0 spiro atoms. The van der Waals surface area contributed by atoms with Crippen molar-refractivity contribution >= 4 is 11.6 Å². The molecule has 2 fully saturated rings. The maximum Gasteiger partial charge on any atom is 0.271 e. The highest BCUT2D eigenvalue weighted by atomic mass is 16.5. The Balaban J connectivity index is 1.54. The van der Waals surface area contributed by atoms with Gasteiger partial charge in [0, 0.05) is 56.3 Å². The van der Waals surface area contributed by atoms with Crippen LogP contribution in [0.25, 0.3) is 11.3 Å². The Labute approximate surface area is 181 Å². The number of amides is 1. The maximum atomic E-state index is 12.8. The largest absolute Gasteiger partial charge is 0.497 e. The molecule has 8 heteroatoms. The van der Waals surface area contributed by atoms with Crippen LogP contribution in [0.4, 0.5) is 5.69 Å². The van der Waals surface area contributed by atoms with Crippen LogP contribution in [0.2, 0.25) is 0 Å². The SMILES string of the molecule is CNC/C=C/C(=O)N1CC(N(CC2CC2)c2cc(-c3cc(OC)ccn3)c[nH]c2=O)C1. The highest BCUT2D eigenvalue weighted by Gasteiger charge is 2.37.